The van der Waals surface area contributed by atoms with Crippen molar-refractivity contribution in [2.45, 2.75) is 27.2 Å². The summed E-state index contributed by atoms with van der Waals surface area (Å²) in [5.41, 5.74) is 9.03. The van der Waals surface area contributed by atoms with Crippen LogP contribution < -0.4 is 16.2 Å². The molecule has 0 fully saturated rings. The first kappa shape index (κ1) is 17.7. The minimum atomic E-state index is -0.410. The number of para-hydroxylation sites is 1. The number of H-pyrrole nitrogens is 1. The van der Waals surface area contributed by atoms with Gasteiger partial charge in [0.15, 0.2) is 10.9 Å². The molecule has 1 amide bonds. The molecule has 0 aliphatic rings. The number of benzene rings is 1. The highest BCUT2D eigenvalue weighted by Crippen LogP contribution is 2.20. The van der Waals surface area contributed by atoms with Crippen LogP contribution >= 0.6 is 12.2 Å². The lowest BCUT2D eigenvalue weighted by molar-refractivity contribution is 0.0939. The van der Waals surface area contributed by atoms with Gasteiger partial charge in [0.25, 0.3) is 5.91 Å². The highest BCUT2D eigenvalue weighted by Gasteiger charge is 2.11. The lowest BCUT2D eigenvalue weighted by Gasteiger charge is -2.16. The first-order valence-corrected chi connectivity index (χ1v) is 7.98. The van der Waals surface area contributed by atoms with Crippen molar-refractivity contribution in [3.05, 3.63) is 52.8 Å². The Morgan fingerprint density at radius 1 is 1.25 bits per heavy atom. The van der Waals surface area contributed by atoms with E-state index in [2.05, 4.69) is 28.1 Å². The second kappa shape index (κ2) is 7.74. The fraction of sp³-hybridized carbons (Fsp3) is 0.235. The summed E-state index contributed by atoms with van der Waals surface area (Å²) in [5.74, 6) is -0.519. The number of carbonyl (C=O) groups excluding carboxylic acids is 2. The lowest BCUT2D eigenvalue weighted by Crippen LogP contribution is -2.44. The van der Waals surface area contributed by atoms with Crippen LogP contribution in [0.2, 0.25) is 0 Å². The van der Waals surface area contributed by atoms with Gasteiger partial charge in [-0.15, -0.1) is 0 Å². The molecule has 6 nitrogen and oxygen atoms in total. The van der Waals surface area contributed by atoms with E-state index in [1.807, 2.05) is 25.1 Å². The average molecular weight is 344 g/mol. The number of thiocarbonyl (C=S) groups is 1. The van der Waals surface area contributed by atoms with E-state index in [-0.39, 0.29) is 16.6 Å². The summed E-state index contributed by atoms with van der Waals surface area (Å²) in [5, 5.41) is 3.38. The summed E-state index contributed by atoms with van der Waals surface area (Å²) in [6, 6.07) is 7.51. The Morgan fingerprint density at radius 3 is 2.62 bits per heavy atom. The Labute approximate surface area is 146 Å². The lowest BCUT2D eigenvalue weighted by atomic mass is 10.1. The molecule has 0 radical (unpaired) electrons. The van der Waals surface area contributed by atoms with Crippen molar-refractivity contribution in [1.82, 2.24) is 15.8 Å². The molecule has 1 aromatic carbocycles. The number of nitrogens with one attached hydrogen (secondary N) is 4. The standard InChI is InChI=1S/C17H20N4O2S/c1-4-12-7-5-6-10(2)15(12)19-17(24)21-20-16(23)14-8-13(9-18-14)11(3)22/h5-9,18H,4H2,1-3H3,(H,20,23)(H2,19,21,24). The SMILES string of the molecule is CCc1cccc(C)c1NC(=S)NNC(=O)c1cc(C(C)=O)c[nH]1. The molecule has 2 rings (SSSR count). The van der Waals surface area contributed by atoms with Gasteiger partial charge >= 0.3 is 0 Å². The third kappa shape index (κ3) is 4.20. The molecule has 7 heteroatoms. The van der Waals surface area contributed by atoms with E-state index in [9.17, 15) is 9.59 Å². The van der Waals surface area contributed by atoms with Gasteiger partial charge in [0, 0.05) is 17.4 Å². The van der Waals surface area contributed by atoms with Crippen LogP contribution in [-0.4, -0.2) is 21.8 Å². The first-order chi connectivity index (χ1) is 11.4. The molecule has 0 spiro atoms. The predicted octanol–water partition coefficient (Wildman–Crippen LogP) is 2.72. The molecule has 0 aliphatic heterocycles. The van der Waals surface area contributed by atoms with Gasteiger partial charge in [-0.2, -0.15) is 0 Å². The topological polar surface area (TPSA) is 86.0 Å². The zero-order valence-corrected chi connectivity index (χ0v) is 14.6. The Kier molecular flexibility index (Phi) is 5.70. The molecular formula is C17H20N4O2S. The van der Waals surface area contributed by atoms with Crippen LogP contribution in [0.4, 0.5) is 5.69 Å². The molecule has 0 unspecified atom stereocenters. The number of anilines is 1. The summed E-state index contributed by atoms with van der Waals surface area (Å²) in [7, 11) is 0. The fourth-order valence-electron chi connectivity index (χ4n) is 2.26. The van der Waals surface area contributed by atoms with Crippen LogP contribution in [0.3, 0.4) is 0 Å². The number of carbonyl (C=O) groups is 2. The summed E-state index contributed by atoms with van der Waals surface area (Å²) in [6.45, 7) is 5.50. The third-order valence-electron chi connectivity index (χ3n) is 3.60. The van der Waals surface area contributed by atoms with Crippen LogP contribution in [0, 0.1) is 6.92 Å². The second-order valence-electron chi connectivity index (χ2n) is 5.35. The summed E-state index contributed by atoms with van der Waals surface area (Å²) in [4.78, 5) is 26.0. The van der Waals surface area contributed by atoms with Crippen molar-refractivity contribution in [2.75, 3.05) is 5.32 Å². The maximum Gasteiger partial charge on any atom is 0.286 e. The number of hydrazine groups is 1. The molecular weight excluding hydrogens is 324 g/mol. The summed E-state index contributed by atoms with van der Waals surface area (Å²) in [6.07, 6.45) is 2.37. The third-order valence-corrected chi connectivity index (χ3v) is 3.81. The van der Waals surface area contributed by atoms with E-state index in [0.717, 1.165) is 23.2 Å². The number of Topliss-reactive ketones (excluding diaryl/α,β-unsaturated/α-hetero) is 1. The number of rotatable bonds is 4. The number of amides is 1. The number of aromatic nitrogens is 1. The van der Waals surface area contributed by atoms with Crippen molar-refractivity contribution in [3.8, 4) is 0 Å². The molecule has 0 saturated heterocycles. The monoisotopic (exact) mass is 344 g/mol. The van der Waals surface area contributed by atoms with E-state index in [4.69, 9.17) is 12.2 Å². The number of ketones is 1. The molecule has 4 N–H and O–H groups in total. The van der Waals surface area contributed by atoms with Gasteiger partial charge in [0.1, 0.15) is 5.69 Å². The number of aryl methyl sites for hydroxylation is 2. The van der Waals surface area contributed by atoms with Gasteiger partial charge in [-0.1, -0.05) is 25.1 Å². The summed E-state index contributed by atoms with van der Waals surface area (Å²) < 4.78 is 0. The van der Waals surface area contributed by atoms with Crippen LogP contribution in [0.15, 0.2) is 30.5 Å². The average Bonchev–Trinajstić information content (AvgIpc) is 3.05. The molecule has 24 heavy (non-hydrogen) atoms. The zero-order chi connectivity index (χ0) is 17.7. The Hall–Kier alpha value is -2.67. The molecule has 2 aromatic rings. The maximum atomic E-state index is 12.0. The van der Waals surface area contributed by atoms with Crippen LogP contribution in [0.1, 0.15) is 45.8 Å². The zero-order valence-electron chi connectivity index (χ0n) is 13.8. The van der Waals surface area contributed by atoms with Crippen LogP contribution in [-0.2, 0) is 6.42 Å². The van der Waals surface area contributed by atoms with Crippen molar-refractivity contribution in [2.24, 2.45) is 0 Å². The van der Waals surface area contributed by atoms with Gasteiger partial charge in [-0.25, -0.2) is 0 Å². The minimum Gasteiger partial charge on any atom is -0.356 e. The number of hydrogen-bond donors (Lipinski definition) is 4. The Balaban J connectivity index is 1.96. The van der Waals surface area contributed by atoms with E-state index in [1.54, 1.807) is 0 Å². The van der Waals surface area contributed by atoms with Gasteiger partial charge in [-0.05, 0) is 49.7 Å². The van der Waals surface area contributed by atoms with Crippen molar-refractivity contribution in [1.29, 1.82) is 0 Å². The second-order valence-corrected chi connectivity index (χ2v) is 5.76. The Bertz CT molecular complexity index is 783. The van der Waals surface area contributed by atoms with E-state index in [0.29, 0.717) is 5.56 Å². The number of hydrogen-bond acceptors (Lipinski definition) is 3. The largest absolute Gasteiger partial charge is 0.356 e. The quantitative estimate of drug-likeness (QED) is 0.389. The van der Waals surface area contributed by atoms with Crippen molar-refractivity contribution >= 4 is 34.7 Å². The molecule has 126 valence electrons. The fourth-order valence-corrected chi connectivity index (χ4v) is 2.41. The van der Waals surface area contributed by atoms with Gasteiger partial charge < -0.3 is 10.3 Å². The van der Waals surface area contributed by atoms with Gasteiger partial charge in [-0.3, -0.25) is 20.4 Å². The van der Waals surface area contributed by atoms with Gasteiger partial charge in [0.05, 0.1) is 0 Å². The molecule has 0 saturated carbocycles. The van der Waals surface area contributed by atoms with Gasteiger partial charge in [0.2, 0.25) is 0 Å². The van der Waals surface area contributed by atoms with Crippen LogP contribution in [0.25, 0.3) is 0 Å². The molecule has 1 heterocycles. The predicted molar refractivity (Wildman–Crippen MR) is 98.2 cm³/mol. The Morgan fingerprint density at radius 2 is 2.00 bits per heavy atom. The van der Waals surface area contributed by atoms with Crippen molar-refractivity contribution in [3.63, 3.8) is 0 Å². The molecule has 1 aromatic heterocycles. The molecule has 0 bridgehead atoms. The highest BCUT2D eigenvalue weighted by molar-refractivity contribution is 7.80. The maximum absolute atomic E-state index is 12.0. The van der Waals surface area contributed by atoms with E-state index < -0.39 is 5.91 Å². The van der Waals surface area contributed by atoms with E-state index >= 15 is 0 Å². The van der Waals surface area contributed by atoms with Crippen LogP contribution in [0.5, 0.6) is 0 Å². The normalized spacial score (nSPS) is 10.1. The van der Waals surface area contributed by atoms with Crippen molar-refractivity contribution < 1.29 is 9.59 Å². The molecule has 0 aliphatic carbocycles. The first-order valence-electron chi connectivity index (χ1n) is 7.57. The smallest absolute Gasteiger partial charge is 0.286 e. The summed E-state index contributed by atoms with van der Waals surface area (Å²) >= 11 is 5.22. The highest BCUT2D eigenvalue weighted by atomic mass is 32.1. The van der Waals surface area contributed by atoms with E-state index in [1.165, 1.54) is 19.2 Å². The molecule has 0 atom stereocenters. The number of aromatic amines is 1. The minimum absolute atomic E-state index is 0.109.